The fourth-order valence-electron chi connectivity index (χ4n) is 1.57. The largest absolute Gasteiger partial charge is 0.462 e. The Morgan fingerprint density at radius 3 is 2.94 bits per heavy atom. The van der Waals surface area contributed by atoms with Gasteiger partial charge in [0.05, 0.1) is 12.2 Å². The van der Waals surface area contributed by atoms with Crippen molar-refractivity contribution in [1.82, 2.24) is 0 Å². The minimum atomic E-state index is -0.604. The van der Waals surface area contributed by atoms with E-state index in [0.29, 0.717) is 6.42 Å². The van der Waals surface area contributed by atoms with Gasteiger partial charge in [-0.15, -0.1) is 11.3 Å². The number of aryl methyl sites for hydroxylation is 1. The molecule has 0 spiro atoms. The highest BCUT2D eigenvalue weighted by molar-refractivity contribution is 7.09. The number of ether oxygens (including phenoxy) is 1. The van der Waals surface area contributed by atoms with E-state index in [4.69, 9.17) is 4.74 Å². The summed E-state index contributed by atoms with van der Waals surface area (Å²) in [6.07, 6.45) is 0.664. The minimum absolute atomic E-state index is 0.00109. The zero-order valence-corrected chi connectivity index (χ0v) is 10.8. The predicted molar refractivity (Wildman–Crippen MR) is 69.4 cm³/mol. The molecule has 2 rings (SSSR count). The van der Waals surface area contributed by atoms with Crippen molar-refractivity contribution >= 4 is 17.3 Å². The lowest BCUT2D eigenvalue weighted by molar-refractivity contribution is 0.0504. The number of hydrogen-bond acceptors (Lipinski definition) is 3. The highest BCUT2D eigenvalue weighted by Gasteiger charge is 2.13. The minimum Gasteiger partial charge on any atom is -0.462 e. The van der Waals surface area contributed by atoms with E-state index in [1.165, 1.54) is 12.1 Å². The molecule has 0 aliphatic heterocycles. The van der Waals surface area contributed by atoms with Gasteiger partial charge in [0.25, 0.3) is 0 Å². The summed E-state index contributed by atoms with van der Waals surface area (Å²) in [5.74, 6) is -1.14. The van der Waals surface area contributed by atoms with Crippen LogP contribution in [0.25, 0.3) is 0 Å². The topological polar surface area (TPSA) is 26.3 Å². The fourth-order valence-corrected chi connectivity index (χ4v) is 2.26. The zero-order valence-electron chi connectivity index (χ0n) is 9.98. The van der Waals surface area contributed by atoms with Gasteiger partial charge in [-0.2, -0.15) is 0 Å². The standard InChI is InChI=1S/C14H13FO2S/c1-10-4-5-13(15)12(9-10)14(16)17-7-6-11-3-2-8-18-11/h2-5,8-9H,6-7H2,1H3. The lowest BCUT2D eigenvalue weighted by Gasteiger charge is -2.05. The molecular formula is C14H13FO2S. The van der Waals surface area contributed by atoms with Crippen molar-refractivity contribution in [2.24, 2.45) is 0 Å². The molecule has 0 N–H and O–H groups in total. The second kappa shape index (κ2) is 5.78. The lowest BCUT2D eigenvalue weighted by Crippen LogP contribution is -2.10. The first kappa shape index (κ1) is 12.8. The number of esters is 1. The fraction of sp³-hybridized carbons (Fsp3) is 0.214. The van der Waals surface area contributed by atoms with Crippen LogP contribution in [0.4, 0.5) is 4.39 Å². The smallest absolute Gasteiger partial charge is 0.341 e. The Kier molecular flexibility index (Phi) is 4.10. The normalized spacial score (nSPS) is 10.3. The van der Waals surface area contributed by atoms with Crippen LogP contribution in [-0.4, -0.2) is 12.6 Å². The van der Waals surface area contributed by atoms with Crippen LogP contribution in [0.15, 0.2) is 35.7 Å². The first-order valence-electron chi connectivity index (χ1n) is 5.62. The average Bonchev–Trinajstić information content (AvgIpc) is 2.85. The Labute approximate surface area is 109 Å². The van der Waals surface area contributed by atoms with Crippen LogP contribution >= 0.6 is 11.3 Å². The Hall–Kier alpha value is -1.68. The van der Waals surface area contributed by atoms with Gasteiger partial charge in [-0.3, -0.25) is 0 Å². The molecule has 18 heavy (non-hydrogen) atoms. The number of hydrogen-bond donors (Lipinski definition) is 0. The van der Waals surface area contributed by atoms with E-state index in [2.05, 4.69) is 0 Å². The van der Waals surface area contributed by atoms with Gasteiger partial charge in [0.1, 0.15) is 5.82 Å². The van der Waals surface area contributed by atoms with Gasteiger partial charge < -0.3 is 4.74 Å². The predicted octanol–water partition coefficient (Wildman–Crippen LogP) is 3.60. The maximum absolute atomic E-state index is 13.4. The molecule has 0 aliphatic rings. The van der Waals surface area contributed by atoms with E-state index < -0.39 is 11.8 Å². The molecule has 0 saturated heterocycles. The zero-order chi connectivity index (χ0) is 13.0. The maximum Gasteiger partial charge on any atom is 0.341 e. The van der Waals surface area contributed by atoms with Gasteiger partial charge in [0.2, 0.25) is 0 Å². The number of halogens is 1. The molecule has 0 fully saturated rings. The van der Waals surface area contributed by atoms with Crippen LogP contribution in [0.2, 0.25) is 0 Å². The van der Waals surface area contributed by atoms with Crippen molar-refractivity contribution in [3.05, 3.63) is 57.5 Å². The summed E-state index contributed by atoms with van der Waals surface area (Å²) < 4.78 is 18.5. The molecule has 1 aromatic heterocycles. The van der Waals surface area contributed by atoms with Gasteiger partial charge in [-0.25, -0.2) is 9.18 Å². The summed E-state index contributed by atoms with van der Waals surface area (Å²) in [7, 11) is 0. The second-order valence-corrected chi connectivity index (χ2v) is 4.98. The highest BCUT2D eigenvalue weighted by Crippen LogP contribution is 2.13. The van der Waals surface area contributed by atoms with E-state index in [1.807, 2.05) is 24.4 Å². The summed E-state index contributed by atoms with van der Waals surface area (Å²) in [4.78, 5) is 12.8. The van der Waals surface area contributed by atoms with Crippen LogP contribution in [-0.2, 0) is 11.2 Å². The Balaban J connectivity index is 1.93. The van der Waals surface area contributed by atoms with Crippen molar-refractivity contribution in [3.8, 4) is 0 Å². The Morgan fingerprint density at radius 2 is 2.22 bits per heavy atom. The second-order valence-electron chi connectivity index (χ2n) is 3.95. The third-order valence-corrected chi connectivity index (χ3v) is 3.44. The summed E-state index contributed by atoms with van der Waals surface area (Å²) >= 11 is 1.61. The van der Waals surface area contributed by atoms with Crippen LogP contribution < -0.4 is 0 Å². The molecule has 2 nitrogen and oxygen atoms in total. The molecule has 0 bridgehead atoms. The first-order chi connectivity index (χ1) is 8.66. The number of thiophene rings is 1. The van der Waals surface area contributed by atoms with Crippen LogP contribution in [0.1, 0.15) is 20.8 Å². The molecule has 1 heterocycles. The summed E-state index contributed by atoms with van der Waals surface area (Å²) in [6.45, 7) is 2.08. The molecular weight excluding hydrogens is 251 g/mol. The third kappa shape index (κ3) is 3.17. The molecule has 4 heteroatoms. The number of carbonyl (C=O) groups excluding carboxylic acids is 1. The highest BCUT2D eigenvalue weighted by atomic mass is 32.1. The van der Waals surface area contributed by atoms with Crippen molar-refractivity contribution in [2.45, 2.75) is 13.3 Å². The molecule has 0 radical (unpaired) electrons. The Bertz CT molecular complexity index is 535. The van der Waals surface area contributed by atoms with Gasteiger partial charge >= 0.3 is 5.97 Å². The summed E-state index contributed by atoms with van der Waals surface area (Å²) in [6, 6.07) is 8.33. The van der Waals surface area contributed by atoms with E-state index in [1.54, 1.807) is 17.4 Å². The van der Waals surface area contributed by atoms with Gasteiger partial charge in [0, 0.05) is 11.3 Å². The first-order valence-corrected chi connectivity index (χ1v) is 6.50. The molecule has 0 saturated carbocycles. The molecule has 2 aromatic rings. The number of carbonyl (C=O) groups is 1. The Morgan fingerprint density at radius 1 is 1.39 bits per heavy atom. The van der Waals surface area contributed by atoms with Crippen molar-refractivity contribution in [3.63, 3.8) is 0 Å². The molecule has 0 amide bonds. The maximum atomic E-state index is 13.4. The van der Waals surface area contributed by atoms with E-state index in [9.17, 15) is 9.18 Å². The van der Waals surface area contributed by atoms with Gasteiger partial charge in [-0.05, 0) is 30.5 Å². The van der Waals surface area contributed by atoms with Crippen molar-refractivity contribution < 1.29 is 13.9 Å². The van der Waals surface area contributed by atoms with Gasteiger partial charge in [0.15, 0.2) is 0 Å². The van der Waals surface area contributed by atoms with Crippen molar-refractivity contribution in [1.29, 1.82) is 0 Å². The monoisotopic (exact) mass is 264 g/mol. The summed E-state index contributed by atoms with van der Waals surface area (Å²) in [5, 5.41) is 1.97. The molecule has 0 aliphatic carbocycles. The molecule has 1 aromatic carbocycles. The quantitative estimate of drug-likeness (QED) is 0.789. The van der Waals surface area contributed by atoms with Crippen LogP contribution in [0.3, 0.4) is 0 Å². The van der Waals surface area contributed by atoms with Crippen LogP contribution in [0.5, 0.6) is 0 Å². The molecule has 0 unspecified atom stereocenters. The lowest BCUT2D eigenvalue weighted by atomic mass is 10.1. The van der Waals surface area contributed by atoms with Crippen molar-refractivity contribution in [2.75, 3.05) is 6.61 Å². The third-order valence-electron chi connectivity index (χ3n) is 2.50. The van der Waals surface area contributed by atoms with E-state index >= 15 is 0 Å². The number of benzene rings is 1. The number of rotatable bonds is 4. The van der Waals surface area contributed by atoms with Gasteiger partial charge in [-0.1, -0.05) is 17.7 Å². The van der Waals surface area contributed by atoms with E-state index in [-0.39, 0.29) is 12.2 Å². The molecule has 94 valence electrons. The average molecular weight is 264 g/mol. The molecule has 0 atom stereocenters. The van der Waals surface area contributed by atoms with Crippen LogP contribution in [0, 0.1) is 12.7 Å². The SMILES string of the molecule is Cc1ccc(F)c(C(=O)OCCc2cccs2)c1. The van der Waals surface area contributed by atoms with E-state index in [0.717, 1.165) is 10.4 Å². The summed E-state index contributed by atoms with van der Waals surface area (Å²) in [5.41, 5.74) is 0.836.